The van der Waals surface area contributed by atoms with E-state index in [-0.39, 0.29) is 17.6 Å². The van der Waals surface area contributed by atoms with Gasteiger partial charge in [-0.05, 0) is 56.2 Å². The standard InChI is InChI=1S/C23H38O3/c1-2-3-4-12-15-21(24)16-13-10-8-6-5-7-9-11-14-20-17-22(25)19-23(26)18-20/h10,13,17-19,21,24-26H,2-9,11-12,14-16H2,1H3/b13-10-/t21-/m0/s1. The van der Waals surface area contributed by atoms with Crippen LogP contribution in [-0.2, 0) is 6.42 Å². The first-order valence-corrected chi connectivity index (χ1v) is 10.5. The molecular weight excluding hydrogens is 324 g/mol. The Morgan fingerprint density at radius 1 is 0.808 bits per heavy atom. The SMILES string of the molecule is CCCCCC[C@H](O)C/C=C\CCCCCCCc1cc(O)cc(O)c1. The molecule has 1 aromatic carbocycles. The van der Waals surface area contributed by atoms with E-state index in [9.17, 15) is 15.3 Å². The van der Waals surface area contributed by atoms with E-state index >= 15 is 0 Å². The number of unbranched alkanes of at least 4 members (excludes halogenated alkanes) is 8. The lowest BCUT2D eigenvalue weighted by Gasteiger charge is -2.07. The minimum Gasteiger partial charge on any atom is -0.508 e. The number of rotatable bonds is 15. The number of aryl methyl sites for hydroxylation is 1. The summed E-state index contributed by atoms with van der Waals surface area (Å²) in [5, 5.41) is 28.8. The minimum absolute atomic E-state index is 0.137. The number of phenolic OH excluding ortho intramolecular Hbond substituents is 2. The molecule has 3 N–H and O–H groups in total. The van der Waals surface area contributed by atoms with Gasteiger partial charge in [-0.3, -0.25) is 0 Å². The van der Waals surface area contributed by atoms with Gasteiger partial charge in [0.1, 0.15) is 11.5 Å². The average Bonchev–Trinajstić information content (AvgIpc) is 2.59. The van der Waals surface area contributed by atoms with E-state index in [0.717, 1.165) is 44.1 Å². The quantitative estimate of drug-likeness (QED) is 0.255. The molecule has 0 amide bonds. The van der Waals surface area contributed by atoms with E-state index in [1.807, 2.05) is 0 Å². The van der Waals surface area contributed by atoms with Gasteiger partial charge in [0.05, 0.1) is 6.10 Å². The summed E-state index contributed by atoms with van der Waals surface area (Å²) in [5.41, 5.74) is 0.999. The van der Waals surface area contributed by atoms with Crippen molar-refractivity contribution < 1.29 is 15.3 Å². The molecule has 3 heteroatoms. The summed E-state index contributed by atoms with van der Waals surface area (Å²) in [6, 6.07) is 4.81. The third-order valence-corrected chi connectivity index (χ3v) is 4.76. The van der Waals surface area contributed by atoms with Crippen LogP contribution in [0.3, 0.4) is 0 Å². The van der Waals surface area contributed by atoms with Gasteiger partial charge >= 0.3 is 0 Å². The van der Waals surface area contributed by atoms with Crippen LogP contribution in [0.1, 0.15) is 89.5 Å². The molecule has 0 aliphatic carbocycles. The van der Waals surface area contributed by atoms with Crippen molar-refractivity contribution in [2.24, 2.45) is 0 Å². The van der Waals surface area contributed by atoms with E-state index < -0.39 is 0 Å². The summed E-state index contributed by atoms with van der Waals surface area (Å²) in [7, 11) is 0. The molecule has 0 aromatic heterocycles. The van der Waals surface area contributed by atoms with Crippen LogP contribution in [0.15, 0.2) is 30.4 Å². The second kappa shape index (κ2) is 14.7. The first-order chi connectivity index (χ1) is 12.6. The number of aromatic hydroxyl groups is 2. The van der Waals surface area contributed by atoms with E-state index in [1.165, 1.54) is 51.0 Å². The second-order valence-corrected chi connectivity index (χ2v) is 7.37. The van der Waals surface area contributed by atoms with Crippen LogP contribution in [-0.4, -0.2) is 21.4 Å². The average molecular weight is 363 g/mol. The summed E-state index contributed by atoms with van der Waals surface area (Å²) in [6.45, 7) is 2.21. The summed E-state index contributed by atoms with van der Waals surface area (Å²) < 4.78 is 0. The molecule has 1 atom stereocenters. The third kappa shape index (κ3) is 12.0. The zero-order chi connectivity index (χ0) is 19.0. The Bertz CT molecular complexity index is 476. The molecule has 0 aliphatic rings. The molecule has 0 aliphatic heterocycles. The molecule has 0 radical (unpaired) electrons. The maximum Gasteiger partial charge on any atom is 0.119 e. The molecule has 1 rings (SSSR count). The minimum atomic E-state index is -0.167. The first kappa shape index (κ1) is 22.6. The van der Waals surface area contributed by atoms with E-state index in [2.05, 4.69) is 19.1 Å². The largest absolute Gasteiger partial charge is 0.508 e. The van der Waals surface area contributed by atoms with Gasteiger partial charge in [-0.1, -0.05) is 64.0 Å². The Morgan fingerprint density at radius 2 is 1.46 bits per heavy atom. The van der Waals surface area contributed by atoms with Crippen molar-refractivity contribution >= 4 is 0 Å². The number of phenols is 2. The topological polar surface area (TPSA) is 60.7 Å². The lowest BCUT2D eigenvalue weighted by atomic mass is 10.0. The highest BCUT2D eigenvalue weighted by molar-refractivity contribution is 5.36. The Morgan fingerprint density at radius 3 is 2.19 bits per heavy atom. The number of hydrogen-bond acceptors (Lipinski definition) is 3. The molecule has 148 valence electrons. The van der Waals surface area contributed by atoms with Crippen molar-refractivity contribution in [2.45, 2.75) is 96.5 Å². The fraction of sp³-hybridized carbons (Fsp3) is 0.652. The summed E-state index contributed by atoms with van der Waals surface area (Å²) >= 11 is 0. The van der Waals surface area contributed by atoms with Crippen LogP contribution in [0.5, 0.6) is 11.5 Å². The zero-order valence-electron chi connectivity index (χ0n) is 16.5. The van der Waals surface area contributed by atoms with Crippen molar-refractivity contribution in [3.63, 3.8) is 0 Å². The molecule has 0 saturated carbocycles. The van der Waals surface area contributed by atoms with Crippen molar-refractivity contribution in [2.75, 3.05) is 0 Å². The lowest BCUT2D eigenvalue weighted by Crippen LogP contribution is -2.04. The number of benzene rings is 1. The van der Waals surface area contributed by atoms with Crippen molar-refractivity contribution in [1.82, 2.24) is 0 Å². The maximum atomic E-state index is 9.89. The Labute approximate surface area is 159 Å². The van der Waals surface area contributed by atoms with E-state index in [1.54, 1.807) is 12.1 Å². The van der Waals surface area contributed by atoms with Gasteiger partial charge in [0.25, 0.3) is 0 Å². The van der Waals surface area contributed by atoms with Crippen LogP contribution >= 0.6 is 0 Å². The predicted octanol–water partition coefficient (Wildman–Crippen LogP) is 6.26. The molecule has 0 unspecified atom stereocenters. The normalized spacial score (nSPS) is 12.7. The number of aliphatic hydroxyl groups excluding tert-OH is 1. The number of allylic oxidation sites excluding steroid dienone is 1. The lowest BCUT2D eigenvalue weighted by molar-refractivity contribution is 0.163. The van der Waals surface area contributed by atoms with Gasteiger partial charge in [-0.15, -0.1) is 0 Å². The van der Waals surface area contributed by atoms with E-state index in [0.29, 0.717) is 0 Å². The van der Waals surface area contributed by atoms with Gasteiger partial charge in [-0.2, -0.15) is 0 Å². The van der Waals surface area contributed by atoms with E-state index in [4.69, 9.17) is 0 Å². The van der Waals surface area contributed by atoms with Crippen LogP contribution in [0, 0.1) is 0 Å². The molecule has 0 fully saturated rings. The smallest absolute Gasteiger partial charge is 0.119 e. The Balaban J connectivity index is 1.94. The zero-order valence-corrected chi connectivity index (χ0v) is 16.5. The van der Waals surface area contributed by atoms with Crippen LogP contribution in [0.25, 0.3) is 0 Å². The monoisotopic (exact) mass is 362 g/mol. The van der Waals surface area contributed by atoms with Gasteiger partial charge in [0.15, 0.2) is 0 Å². The fourth-order valence-electron chi connectivity index (χ4n) is 3.22. The summed E-state index contributed by atoms with van der Waals surface area (Å²) in [6.07, 6.45) is 18.7. The van der Waals surface area contributed by atoms with Gasteiger partial charge in [0, 0.05) is 6.07 Å². The van der Waals surface area contributed by atoms with Crippen LogP contribution in [0.2, 0.25) is 0 Å². The fourth-order valence-corrected chi connectivity index (χ4v) is 3.22. The molecule has 0 bridgehead atoms. The van der Waals surface area contributed by atoms with Gasteiger partial charge < -0.3 is 15.3 Å². The van der Waals surface area contributed by atoms with Gasteiger partial charge in [0.2, 0.25) is 0 Å². The Kier molecular flexibility index (Phi) is 12.7. The molecule has 1 aromatic rings. The molecule has 0 heterocycles. The second-order valence-electron chi connectivity index (χ2n) is 7.37. The highest BCUT2D eigenvalue weighted by Crippen LogP contribution is 2.22. The molecule has 0 saturated heterocycles. The highest BCUT2D eigenvalue weighted by atomic mass is 16.3. The highest BCUT2D eigenvalue weighted by Gasteiger charge is 2.01. The molecule has 0 spiro atoms. The molecule has 26 heavy (non-hydrogen) atoms. The molecular formula is C23H38O3. The number of aliphatic hydroxyl groups is 1. The van der Waals surface area contributed by atoms with Crippen LogP contribution in [0.4, 0.5) is 0 Å². The first-order valence-electron chi connectivity index (χ1n) is 10.5. The maximum absolute atomic E-state index is 9.89. The molecule has 3 nitrogen and oxygen atoms in total. The van der Waals surface area contributed by atoms with Crippen molar-refractivity contribution in [1.29, 1.82) is 0 Å². The summed E-state index contributed by atoms with van der Waals surface area (Å²) in [5.74, 6) is 0.274. The third-order valence-electron chi connectivity index (χ3n) is 4.76. The van der Waals surface area contributed by atoms with Crippen LogP contribution < -0.4 is 0 Å². The number of hydrogen-bond donors (Lipinski definition) is 3. The Hall–Kier alpha value is -1.48. The van der Waals surface area contributed by atoms with Crippen molar-refractivity contribution in [3.8, 4) is 11.5 Å². The predicted molar refractivity (Wildman–Crippen MR) is 110 cm³/mol. The van der Waals surface area contributed by atoms with Crippen molar-refractivity contribution in [3.05, 3.63) is 35.9 Å². The van der Waals surface area contributed by atoms with Gasteiger partial charge in [-0.25, -0.2) is 0 Å². The summed E-state index contributed by atoms with van der Waals surface area (Å²) in [4.78, 5) is 0.